The van der Waals surface area contributed by atoms with E-state index in [-0.39, 0.29) is 35.7 Å². The third-order valence-electron chi connectivity index (χ3n) is 19.8. The maximum absolute atomic E-state index is 12.8. The molecule has 0 radical (unpaired) electrons. The monoisotopic (exact) mass is 1030 g/mol. The van der Waals surface area contributed by atoms with Crippen LogP contribution in [-0.4, -0.2) is 205 Å². The lowest BCUT2D eigenvalue weighted by molar-refractivity contribution is -0.381. The summed E-state index contributed by atoms with van der Waals surface area (Å²) in [6.45, 7) is 15.5. The normalized spacial score (nSPS) is 51.8. The number of carbonyl (C=O) groups is 2. The van der Waals surface area contributed by atoms with Crippen molar-refractivity contribution in [2.45, 2.75) is 218 Å². The summed E-state index contributed by atoms with van der Waals surface area (Å²) in [5, 5.41) is 120. The van der Waals surface area contributed by atoms with E-state index in [0.717, 1.165) is 18.4 Å². The van der Waals surface area contributed by atoms with Crippen LogP contribution in [0.5, 0.6) is 0 Å². The van der Waals surface area contributed by atoms with E-state index >= 15 is 0 Å². The molecule has 21 nitrogen and oxygen atoms in total. The average Bonchev–Trinajstić information content (AvgIpc) is 3.30. The zero-order valence-electron chi connectivity index (χ0n) is 43.0. The zero-order valence-corrected chi connectivity index (χ0v) is 43.0. The maximum atomic E-state index is 12.8. The summed E-state index contributed by atoms with van der Waals surface area (Å²) >= 11 is 0. The van der Waals surface area contributed by atoms with E-state index in [9.17, 15) is 65.8 Å². The van der Waals surface area contributed by atoms with Gasteiger partial charge in [-0.15, -0.1) is 0 Å². The van der Waals surface area contributed by atoms with E-state index < -0.39 is 170 Å². The number of carbonyl (C=O) groups excluding carboxylic acids is 2. The van der Waals surface area contributed by atoms with Crippen LogP contribution in [0.3, 0.4) is 0 Å². The number of esters is 2. The predicted octanol–water partition coefficient (Wildman–Crippen LogP) is -0.693. The fourth-order valence-corrected chi connectivity index (χ4v) is 15.7. The smallest absolute Gasteiger partial charge is 0.303 e. The summed E-state index contributed by atoms with van der Waals surface area (Å²) in [4.78, 5) is 25.3. The Morgan fingerprint density at radius 2 is 1.31 bits per heavy atom. The lowest BCUT2D eigenvalue weighted by Gasteiger charge is -2.72. The maximum Gasteiger partial charge on any atom is 0.303 e. The largest absolute Gasteiger partial charge is 0.458 e. The van der Waals surface area contributed by atoms with Gasteiger partial charge in [0, 0.05) is 19.3 Å². The van der Waals surface area contributed by atoms with Gasteiger partial charge in [-0.1, -0.05) is 60.1 Å². The van der Waals surface area contributed by atoms with Gasteiger partial charge in [-0.25, -0.2) is 0 Å². The van der Waals surface area contributed by atoms with Gasteiger partial charge >= 0.3 is 11.9 Å². The number of fused-ring (bicyclic) bond motifs is 7. The molecule has 5 aliphatic carbocycles. The summed E-state index contributed by atoms with van der Waals surface area (Å²) in [7, 11) is 0. The minimum atomic E-state index is -1.86. The summed E-state index contributed by atoms with van der Waals surface area (Å²) in [5.41, 5.74) is -2.76. The van der Waals surface area contributed by atoms with Crippen LogP contribution in [0, 0.1) is 50.2 Å². The third kappa shape index (κ3) is 8.92. The molecule has 72 heavy (non-hydrogen) atoms. The molecule has 412 valence electrons. The predicted molar refractivity (Wildman–Crippen MR) is 247 cm³/mol. The number of rotatable bonds is 11. The van der Waals surface area contributed by atoms with E-state index in [1.807, 2.05) is 13.8 Å². The topological polar surface area (TPSA) is 331 Å². The molecule has 0 aromatic carbocycles. The van der Waals surface area contributed by atoms with Crippen molar-refractivity contribution in [3.8, 4) is 0 Å². The molecule has 8 rings (SSSR count). The highest BCUT2D eigenvalue weighted by molar-refractivity contribution is 5.68. The van der Waals surface area contributed by atoms with Crippen molar-refractivity contribution in [2.24, 2.45) is 50.2 Å². The van der Waals surface area contributed by atoms with Gasteiger partial charge in [0.25, 0.3) is 0 Å². The first-order chi connectivity index (χ1) is 33.5. The van der Waals surface area contributed by atoms with Gasteiger partial charge in [-0.3, -0.25) is 9.59 Å². The van der Waals surface area contributed by atoms with E-state index in [1.54, 1.807) is 0 Å². The Labute approximate surface area is 420 Å². The van der Waals surface area contributed by atoms with Gasteiger partial charge < -0.3 is 94.1 Å². The molecule has 3 saturated heterocycles. The Hall–Kier alpha value is -2.00. The molecular weight excluding hydrogens is 949 g/mol. The molecule has 25 atom stereocenters. The quantitative estimate of drug-likeness (QED) is 0.0693. The highest BCUT2D eigenvalue weighted by atomic mass is 16.8. The Morgan fingerprint density at radius 3 is 1.94 bits per heavy atom. The second kappa shape index (κ2) is 20.1. The van der Waals surface area contributed by atoms with Crippen LogP contribution in [0.25, 0.3) is 0 Å². The number of hydrogen-bond acceptors (Lipinski definition) is 21. The SMILES string of the molecule is CC(=O)OC1C(OC(C)=O)C2(CO)C(O)CC3(C)C(=CCC4C5(C)CCC(OC6OC(COC7OCC(O)C(O)C7O)C(O)C(O)C6OC6OC(CO)C(O)C(O)C6O)C(C)(C)C5CCC43C)C2CC1(C)C. The van der Waals surface area contributed by atoms with Gasteiger partial charge in [0.1, 0.15) is 79.4 Å². The summed E-state index contributed by atoms with van der Waals surface area (Å²) in [6.07, 6.45) is -19.8. The zero-order chi connectivity index (χ0) is 53.0. The van der Waals surface area contributed by atoms with Crippen molar-refractivity contribution in [3.63, 3.8) is 0 Å². The fraction of sp³-hybridized carbons (Fsp3) is 0.922. The molecule has 11 N–H and O–H groups in total. The molecular formula is C51H82O21. The van der Waals surface area contributed by atoms with E-state index in [0.29, 0.717) is 25.7 Å². The molecule has 0 aromatic rings. The van der Waals surface area contributed by atoms with Crippen LogP contribution >= 0.6 is 0 Å². The van der Waals surface area contributed by atoms with Gasteiger partial charge in [-0.2, -0.15) is 0 Å². The van der Waals surface area contributed by atoms with Crippen LogP contribution in [0.2, 0.25) is 0 Å². The van der Waals surface area contributed by atoms with Crippen molar-refractivity contribution < 1.29 is 104 Å². The number of allylic oxidation sites excluding steroid dienone is 2. The lowest BCUT2D eigenvalue weighted by Crippen LogP contribution is -2.72. The van der Waals surface area contributed by atoms with Crippen molar-refractivity contribution in [3.05, 3.63) is 11.6 Å². The highest BCUT2D eigenvalue weighted by Crippen LogP contribution is 2.76. The van der Waals surface area contributed by atoms with Crippen molar-refractivity contribution >= 4 is 11.9 Å². The van der Waals surface area contributed by atoms with Crippen LogP contribution < -0.4 is 0 Å². The standard InChI is InChI=1S/C51H82O21/c1-22(54)67-41-42(68-23(2)55)51(21-53)25(16-46(41,3)4)24-10-11-30-48(7)14-13-32(47(5,6)29(48)12-15-49(30,8)50(24,9)17-31(51)57)71-45-40(72-44-39(64)36(61)34(59)27(18-52)69-44)37(62)35(60)28(70-45)20-66-43-38(63)33(58)26(56)19-65-43/h10,25-45,52-53,56-64H,11-21H2,1-9H3. The summed E-state index contributed by atoms with van der Waals surface area (Å²) < 4.78 is 48.1. The number of hydrogen-bond donors (Lipinski definition) is 11. The average molecular weight is 1030 g/mol. The molecule has 0 amide bonds. The number of aliphatic hydroxyl groups is 11. The van der Waals surface area contributed by atoms with Gasteiger partial charge in [-0.05, 0) is 84.4 Å². The molecule has 0 spiro atoms. The summed E-state index contributed by atoms with van der Waals surface area (Å²) in [5.74, 6) is -1.44. The van der Waals surface area contributed by atoms with Crippen molar-refractivity contribution in [1.82, 2.24) is 0 Å². The van der Waals surface area contributed by atoms with E-state index in [4.69, 9.17) is 37.9 Å². The Balaban J connectivity index is 1.08. The first-order valence-electron chi connectivity index (χ1n) is 25.8. The lowest BCUT2D eigenvalue weighted by atomic mass is 9.33. The molecule has 8 aliphatic rings. The molecule has 25 unspecified atom stereocenters. The second-order valence-corrected chi connectivity index (χ2v) is 24.5. The minimum Gasteiger partial charge on any atom is -0.458 e. The second-order valence-electron chi connectivity index (χ2n) is 24.5. The van der Waals surface area contributed by atoms with Gasteiger partial charge in [0.15, 0.2) is 18.9 Å². The first-order valence-corrected chi connectivity index (χ1v) is 25.8. The minimum absolute atomic E-state index is 0.0339. The van der Waals surface area contributed by atoms with Crippen molar-refractivity contribution in [1.29, 1.82) is 0 Å². The Kier molecular flexibility index (Phi) is 15.7. The molecule has 0 bridgehead atoms. The van der Waals surface area contributed by atoms with E-state index in [2.05, 4.69) is 40.7 Å². The molecule has 7 fully saturated rings. The van der Waals surface area contributed by atoms with E-state index in [1.165, 1.54) is 13.8 Å². The molecule has 0 aromatic heterocycles. The third-order valence-corrected chi connectivity index (χ3v) is 19.8. The highest BCUT2D eigenvalue weighted by Gasteiger charge is 2.74. The Bertz CT molecular complexity index is 2000. The van der Waals surface area contributed by atoms with Crippen LogP contribution in [0.4, 0.5) is 0 Å². The number of aliphatic hydroxyl groups excluding tert-OH is 11. The molecule has 3 heterocycles. The van der Waals surface area contributed by atoms with Crippen LogP contribution in [-0.2, 0) is 47.5 Å². The van der Waals surface area contributed by atoms with Crippen molar-refractivity contribution in [2.75, 3.05) is 26.4 Å². The van der Waals surface area contributed by atoms with Crippen LogP contribution in [0.1, 0.15) is 107 Å². The fourth-order valence-electron chi connectivity index (χ4n) is 15.7. The van der Waals surface area contributed by atoms with Gasteiger partial charge in [0.2, 0.25) is 0 Å². The Morgan fingerprint density at radius 1 is 0.681 bits per heavy atom. The number of ether oxygens (including phenoxy) is 8. The first kappa shape index (κ1) is 56.2. The van der Waals surface area contributed by atoms with Gasteiger partial charge in [0.05, 0.1) is 44.1 Å². The summed E-state index contributed by atoms with van der Waals surface area (Å²) in [6, 6.07) is 0. The van der Waals surface area contributed by atoms with Crippen LogP contribution in [0.15, 0.2) is 11.6 Å². The molecule has 3 aliphatic heterocycles. The molecule has 4 saturated carbocycles. The molecule has 21 heteroatoms.